The molecule has 10 heavy (non-hydrogen) atoms. The van der Waals surface area contributed by atoms with Crippen molar-refractivity contribution in [3.63, 3.8) is 0 Å². The number of aromatic nitrogens is 4. The predicted octanol–water partition coefficient (Wildman–Crippen LogP) is 0.228. The van der Waals surface area contributed by atoms with Gasteiger partial charge in [-0.25, -0.2) is 4.68 Å². The van der Waals surface area contributed by atoms with E-state index in [1.54, 1.807) is 11.8 Å². The molecule has 56 valence electrons. The van der Waals surface area contributed by atoms with Gasteiger partial charge in [0.05, 0.1) is 0 Å². The van der Waals surface area contributed by atoms with Crippen molar-refractivity contribution in [1.29, 1.82) is 0 Å². The fraction of sp³-hybridized carbons (Fsp3) is 0.800. The van der Waals surface area contributed by atoms with Crippen molar-refractivity contribution >= 4 is 0 Å². The summed E-state index contributed by atoms with van der Waals surface area (Å²) < 4.78 is 6.65. The lowest BCUT2D eigenvalue weighted by molar-refractivity contribution is 0.0294. The van der Waals surface area contributed by atoms with E-state index in [1.165, 1.54) is 6.33 Å². The highest BCUT2D eigenvalue weighted by Crippen LogP contribution is 2.06. The van der Waals surface area contributed by atoms with Gasteiger partial charge in [0.15, 0.2) is 6.23 Å². The Kier molecular flexibility index (Phi) is 2.33. The molecule has 5 heteroatoms. The van der Waals surface area contributed by atoms with Crippen molar-refractivity contribution in [2.24, 2.45) is 0 Å². The van der Waals surface area contributed by atoms with Gasteiger partial charge in [-0.15, -0.1) is 5.10 Å². The molecular weight excluding hydrogens is 132 g/mol. The van der Waals surface area contributed by atoms with E-state index in [1.807, 2.05) is 6.92 Å². The topological polar surface area (TPSA) is 52.8 Å². The number of methoxy groups -OCH3 is 1. The van der Waals surface area contributed by atoms with Crippen LogP contribution in [-0.2, 0) is 4.74 Å². The Morgan fingerprint density at radius 2 is 2.50 bits per heavy atom. The summed E-state index contributed by atoms with van der Waals surface area (Å²) in [5.74, 6) is 0. The van der Waals surface area contributed by atoms with E-state index in [0.717, 1.165) is 6.42 Å². The molecule has 0 spiro atoms. The average molecular weight is 142 g/mol. The second kappa shape index (κ2) is 3.26. The molecule has 5 nitrogen and oxygen atoms in total. The van der Waals surface area contributed by atoms with E-state index in [2.05, 4.69) is 15.5 Å². The first-order chi connectivity index (χ1) is 4.88. The van der Waals surface area contributed by atoms with Gasteiger partial charge in [0.2, 0.25) is 0 Å². The van der Waals surface area contributed by atoms with Crippen molar-refractivity contribution < 1.29 is 4.74 Å². The van der Waals surface area contributed by atoms with Crippen LogP contribution >= 0.6 is 0 Å². The first-order valence-electron chi connectivity index (χ1n) is 3.13. The van der Waals surface area contributed by atoms with Gasteiger partial charge < -0.3 is 4.74 Å². The summed E-state index contributed by atoms with van der Waals surface area (Å²) in [6, 6.07) is 0. The summed E-state index contributed by atoms with van der Waals surface area (Å²) >= 11 is 0. The molecule has 0 aliphatic rings. The Morgan fingerprint density at radius 1 is 1.70 bits per heavy atom. The largest absolute Gasteiger partial charge is 0.360 e. The van der Waals surface area contributed by atoms with Crippen LogP contribution in [0, 0.1) is 0 Å². The smallest absolute Gasteiger partial charge is 0.153 e. The van der Waals surface area contributed by atoms with Gasteiger partial charge in [0.25, 0.3) is 0 Å². The maximum absolute atomic E-state index is 5.06. The zero-order chi connectivity index (χ0) is 7.40. The predicted molar refractivity (Wildman–Crippen MR) is 34.2 cm³/mol. The van der Waals surface area contributed by atoms with Crippen LogP contribution in [0.4, 0.5) is 0 Å². The second-order valence-corrected chi connectivity index (χ2v) is 1.89. The summed E-state index contributed by atoms with van der Waals surface area (Å²) in [7, 11) is 1.63. The molecule has 1 unspecified atom stereocenters. The van der Waals surface area contributed by atoms with Crippen LogP contribution in [0.15, 0.2) is 6.33 Å². The molecule has 0 amide bonds. The normalized spacial score (nSPS) is 13.4. The molecule has 0 aliphatic heterocycles. The van der Waals surface area contributed by atoms with E-state index in [9.17, 15) is 0 Å². The highest BCUT2D eigenvalue weighted by Gasteiger charge is 2.05. The van der Waals surface area contributed by atoms with E-state index in [-0.39, 0.29) is 6.23 Å². The standard InChI is InChI=1S/C5H10N4O/c1-3-5(10-2)9-4-6-7-8-9/h4-5H,3H2,1-2H3. The second-order valence-electron chi connectivity index (χ2n) is 1.89. The summed E-state index contributed by atoms with van der Waals surface area (Å²) in [4.78, 5) is 0. The Labute approximate surface area is 59.0 Å². The molecule has 1 atom stereocenters. The van der Waals surface area contributed by atoms with E-state index < -0.39 is 0 Å². The van der Waals surface area contributed by atoms with Crippen molar-refractivity contribution in [3.8, 4) is 0 Å². The van der Waals surface area contributed by atoms with Gasteiger partial charge in [0, 0.05) is 7.11 Å². The number of ether oxygens (including phenoxy) is 1. The first-order valence-corrected chi connectivity index (χ1v) is 3.13. The fourth-order valence-electron chi connectivity index (χ4n) is 0.762. The van der Waals surface area contributed by atoms with E-state index in [0.29, 0.717) is 0 Å². The molecule has 0 saturated carbocycles. The van der Waals surface area contributed by atoms with E-state index >= 15 is 0 Å². The SMILES string of the molecule is CCC(OC)n1cnnn1. The Hall–Kier alpha value is -0.970. The number of hydrogen-bond donors (Lipinski definition) is 0. The molecule has 0 N–H and O–H groups in total. The third-order valence-electron chi connectivity index (χ3n) is 1.28. The minimum atomic E-state index is -0.0324. The Morgan fingerprint density at radius 3 is 2.90 bits per heavy atom. The lowest BCUT2D eigenvalue weighted by Crippen LogP contribution is -2.10. The minimum absolute atomic E-state index is 0.0324. The summed E-state index contributed by atoms with van der Waals surface area (Å²) in [6.45, 7) is 2.01. The molecule has 0 fully saturated rings. The van der Waals surface area contributed by atoms with Crippen LogP contribution in [0.1, 0.15) is 19.6 Å². The zero-order valence-electron chi connectivity index (χ0n) is 6.06. The number of hydrogen-bond acceptors (Lipinski definition) is 4. The molecule has 0 aromatic carbocycles. The molecular formula is C5H10N4O. The zero-order valence-corrected chi connectivity index (χ0v) is 6.06. The highest BCUT2D eigenvalue weighted by molar-refractivity contribution is 4.52. The molecule has 1 heterocycles. The number of rotatable bonds is 3. The third-order valence-corrected chi connectivity index (χ3v) is 1.28. The molecule has 1 rings (SSSR count). The molecule has 0 saturated heterocycles. The van der Waals surface area contributed by atoms with Gasteiger partial charge in [-0.2, -0.15) is 0 Å². The average Bonchev–Trinajstić information content (AvgIpc) is 2.43. The highest BCUT2D eigenvalue weighted by atomic mass is 16.5. The summed E-state index contributed by atoms with van der Waals surface area (Å²) in [5.41, 5.74) is 0. The van der Waals surface area contributed by atoms with Crippen molar-refractivity contribution in [2.45, 2.75) is 19.6 Å². The number of tetrazole rings is 1. The fourth-order valence-corrected chi connectivity index (χ4v) is 0.762. The maximum atomic E-state index is 5.06. The van der Waals surface area contributed by atoms with Crippen LogP contribution in [0.3, 0.4) is 0 Å². The summed E-state index contributed by atoms with van der Waals surface area (Å²) in [6.07, 6.45) is 2.37. The van der Waals surface area contributed by atoms with Gasteiger partial charge in [-0.3, -0.25) is 0 Å². The molecule has 1 aromatic heterocycles. The third kappa shape index (κ3) is 1.30. The van der Waals surface area contributed by atoms with E-state index in [4.69, 9.17) is 4.74 Å². The molecule has 0 radical (unpaired) electrons. The molecule has 0 aliphatic carbocycles. The van der Waals surface area contributed by atoms with Gasteiger partial charge >= 0.3 is 0 Å². The van der Waals surface area contributed by atoms with Crippen LogP contribution < -0.4 is 0 Å². The minimum Gasteiger partial charge on any atom is -0.360 e. The quantitative estimate of drug-likeness (QED) is 0.606. The molecule has 1 aromatic rings. The summed E-state index contributed by atoms with van der Waals surface area (Å²) in [5, 5.41) is 10.7. The van der Waals surface area contributed by atoms with Crippen molar-refractivity contribution in [2.75, 3.05) is 7.11 Å². The van der Waals surface area contributed by atoms with Crippen LogP contribution in [0.2, 0.25) is 0 Å². The maximum Gasteiger partial charge on any atom is 0.153 e. The van der Waals surface area contributed by atoms with Crippen LogP contribution in [0.5, 0.6) is 0 Å². The van der Waals surface area contributed by atoms with Crippen LogP contribution in [0.25, 0.3) is 0 Å². The van der Waals surface area contributed by atoms with Gasteiger partial charge in [0.1, 0.15) is 6.33 Å². The first kappa shape index (κ1) is 7.14. The Balaban J connectivity index is 2.64. The Bertz CT molecular complexity index is 170. The van der Waals surface area contributed by atoms with Gasteiger partial charge in [-0.05, 0) is 16.8 Å². The lowest BCUT2D eigenvalue weighted by Gasteiger charge is -2.10. The van der Waals surface area contributed by atoms with Crippen molar-refractivity contribution in [3.05, 3.63) is 6.33 Å². The van der Waals surface area contributed by atoms with Gasteiger partial charge in [-0.1, -0.05) is 6.92 Å². The molecule has 0 bridgehead atoms. The monoisotopic (exact) mass is 142 g/mol. The van der Waals surface area contributed by atoms with Crippen LogP contribution in [-0.4, -0.2) is 27.3 Å². The van der Waals surface area contributed by atoms with Crippen molar-refractivity contribution in [1.82, 2.24) is 20.2 Å². The number of nitrogens with zero attached hydrogens (tertiary/aromatic N) is 4. The lowest BCUT2D eigenvalue weighted by atomic mass is 10.4.